The lowest BCUT2D eigenvalue weighted by Crippen LogP contribution is -2.11. The van der Waals surface area contributed by atoms with E-state index in [9.17, 15) is 13.2 Å². The molecule has 2 aromatic rings. The van der Waals surface area contributed by atoms with Gasteiger partial charge in [0.05, 0.1) is 12.7 Å². The molecule has 0 atom stereocenters. The highest BCUT2D eigenvalue weighted by Crippen LogP contribution is 2.36. The van der Waals surface area contributed by atoms with Crippen molar-refractivity contribution in [2.45, 2.75) is 12.7 Å². The molecule has 0 aliphatic carbocycles. The van der Waals surface area contributed by atoms with E-state index in [4.69, 9.17) is 4.74 Å². The molecule has 112 valence electrons. The van der Waals surface area contributed by atoms with Crippen molar-refractivity contribution in [2.75, 3.05) is 12.4 Å². The summed E-state index contributed by atoms with van der Waals surface area (Å²) in [6, 6.07) is 7.40. The zero-order valence-electron chi connectivity index (χ0n) is 11.0. The zero-order valence-corrected chi connectivity index (χ0v) is 12.6. The van der Waals surface area contributed by atoms with Gasteiger partial charge >= 0.3 is 6.18 Å². The Hall–Kier alpha value is -1.76. The van der Waals surface area contributed by atoms with Crippen LogP contribution in [0.25, 0.3) is 0 Å². The summed E-state index contributed by atoms with van der Waals surface area (Å²) in [6.07, 6.45) is -2.86. The number of nitrogens with zero attached hydrogens (tertiary/aromatic N) is 1. The van der Waals surface area contributed by atoms with Gasteiger partial charge in [0, 0.05) is 29.0 Å². The molecule has 1 aromatic heterocycles. The highest BCUT2D eigenvalue weighted by molar-refractivity contribution is 9.10. The van der Waals surface area contributed by atoms with Crippen LogP contribution in [-0.2, 0) is 12.7 Å². The van der Waals surface area contributed by atoms with Gasteiger partial charge in [0.2, 0.25) is 5.88 Å². The number of pyridine rings is 1. The van der Waals surface area contributed by atoms with Crippen molar-refractivity contribution in [3.63, 3.8) is 0 Å². The topological polar surface area (TPSA) is 34.1 Å². The number of nitrogens with one attached hydrogen (secondary N) is 1. The van der Waals surface area contributed by atoms with Crippen LogP contribution in [-0.4, -0.2) is 12.1 Å². The summed E-state index contributed by atoms with van der Waals surface area (Å²) in [5.41, 5.74) is 0.0757. The third kappa shape index (κ3) is 4.10. The molecule has 21 heavy (non-hydrogen) atoms. The molecule has 1 aromatic carbocycles. The van der Waals surface area contributed by atoms with E-state index in [0.717, 1.165) is 11.6 Å². The monoisotopic (exact) mass is 360 g/mol. The van der Waals surface area contributed by atoms with Crippen LogP contribution in [0.5, 0.6) is 5.88 Å². The van der Waals surface area contributed by atoms with E-state index in [0.29, 0.717) is 10.4 Å². The molecule has 0 saturated heterocycles. The SMILES string of the molecule is COc1ccc(CNc2ccc(Br)cc2C(F)(F)F)cn1. The summed E-state index contributed by atoms with van der Waals surface area (Å²) in [5, 5.41) is 2.78. The van der Waals surface area contributed by atoms with E-state index in [-0.39, 0.29) is 12.2 Å². The normalized spacial score (nSPS) is 11.3. The molecule has 2 rings (SSSR count). The summed E-state index contributed by atoms with van der Waals surface area (Å²) in [5.74, 6) is 0.457. The summed E-state index contributed by atoms with van der Waals surface area (Å²) in [4.78, 5) is 4.00. The summed E-state index contributed by atoms with van der Waals surface area (Å²) >= 11 is 3.05. The molecule has 0 aliphatic rings. The van der Waals surface area contributed by atoms with Crippen molar-refractivity contribution in [2.24, 2.45) is 0 Å². The van der Waals surface area contributed by atoms with Crippen LogP contribution in [0.15, 0.2) is 41.0 Å². The summed E-state index contributed by atoms with van der Waals surface area (Å²) < 4.78 is 44.2. The Morgan fingerprint density at radius 3 is 2.57 bits per heavy atom. The Balaban J connectivity index is 2.15. The first-order valence-electron chi connectivity index (χ1n) is 5.99. The minimum atomic E-state index is -4.41. The number of hydrogen-bond donors (Lipinski definition) is 1. The maximum Gasteiger partial charge on any atom is 0.418 e. The first kappa shape index (κ1) is 15.6. The number of methoxy groups -OCH3 is 1. The first-order valence-corrected chi connectivity index (χ1v) is 6.79. The number of aromatic nitrogens is 1. The van der Waals surface area contributed by atoms with Gasteiger partial charge in [-0.15, -0.1) is 0 Å². The summed E-state index contributed by atoms with van der Waals surface area (Å²) in [6.45, 7) is 0.238. The second-order valence-electron chi connectivity index (χ2n) is 4.25. The van der Waals surface area contributed by atoms with Gasteiger partial charge in [0.1, 0.15) is 0 Å². The highest BCUT2D eigenvalue weighted by Gasteiger charge is 2.33. The van der Waals surface area contributed by atoms with Crippen LogP contribution in [0.2, 0.25) is 0 Å². The number of rotatable bonds is 4. The van der Waals surface area contributed by atoms with Crippen LogP contribution in [0, 0.1) is 0 Å². The van der Waals surface area contributed by atoms with Gasteiger partial charge in [-0.05, 0) is 23.8 Å². The second kappa shape index (κ2) is 6.34. The molecule has 0 aliphatic heterocycles. The van der Waals surface area contributed by atoms with Gasteiger partial charge < -0.3 is 10.1 Å². The fourth-order valence-corrected chi connectivity index (χ4v) is 2.10. The van der Waals surface area contributed by atoms with Gasteiger partial charge in [-0.2, -0.15) is 13.2 Å². The quantitative estimate of drug-likeness (QED) is 0.872. The van der Waals surface area contributed by atoms with Gasteiger partial charge in [-0.1, -0.05) is 22.0 Å². The van der Waals surface area contributed by atoms with Crippen LogP contribution in [0.3, 0.4) is 0 Å². The molecule has 7 heteroatoms. The van der Waals surface area contributed by atoms with Crippen LogP contribution < -0.4 is 10.1 Å². The van der Waals surface area contributed by atoms with Crippen LogP contribution in [0.1, 0.15) is 11.1 Å². The van der Waals surface area contributed by atoms with Crippen molar-refractivity contribution in [3.8, 4) is 5.88 Å². The summed E-state index contributed by atoms with van der Waals surface area (Å²) in [7, 11) is 1.50. The minimum Gasteiger partial charge on any atom is -0.481 e. The number of alkyl halides is 3. The predicted molar refractivity (Wildman–Crippen MR) is 77.3 cm³/mol. The number of halogens is 4. The van der Waals surface area contributed by atoms with Gasteiger partial charge in [0.15, 0.2) is 0 Å². The Kier molecular flexibility index (Phi) is 4.72. The lowest BCUT2D eigenvalue weighted by Gasteiger charge is -2.15. The van der Waals surface area contributed by atoms with E-state index >= 15 is 0 Å². The average molecular weight is 361 g/mol. The third-order valence-corrected chi connectivity index (χ3v) is 3.27. The number of ether oxygens (including phenoxy) is 1. The van der Waals surface area contributed by atoms with E-state index in [2.05, 4.69) is 26.2 Å². The molecule has 3 nitrogen and oxygen atoms in total. The largest absolute Gasteiger partial charge is 0.481 e. The Bertz CT molecular complexity index is 615. The molecule has 1 heterocycles. The molecule has 0 amide bonds. The average Bonchev–Trinajstić information content (AvgIpc) is 2.45. The standard InChI is InChI=1S/C14H12BrF3N2O/c1-21-13-5-2-9(8-20-13)7-19-12-4-3-10(15)6-11(12)14(16,17)18/h2-6,8,19H,7H2,1H3. The van der Waals surface area contributed by atoms with E-state index < -0.39 is 11.7 Å². The maximum atomic E-state index is 13.0. The van der Waals surface area contributed by atoms with Gasteiger partial charge in [0.25, 0.3) is 0 Å². The molecule has 0 unspecified atom stereocenters. The van der Waals surface area contributed by atoms with Gasteiger partial charge in [-0.3, -0.25) is 0 Å². The fraction of sp³-hybridized carbons (Fsp3) is 0.214. The molecule has 0 fully saturated rings. The van der Waals surface area contributed by atoms with Crippen molar-refractivity contribution >= 4 is 21.6 Å². The zero-order chi connectivity index (χ0) is 15.5. The number of anilines is 1. The Labute approximate surface area is 128 Å². The predicted octanol–water partition coefficient (Wildman–Crippen LogP) is 4.48. The van der Waals surface area contributed by atoms with Crippen molar-refractivity contribution in [1.29, 1.82) is 0 Å². The molecule has 0 saturated carbocycles. The third-order valence-electron chi connectivity index (χ3n) is 2.78. The van der Waals surface area contributed by atoms with E-state index in [1.807, 2.05) is 0 Å². The minimum absolute atomic E-state index is 0.0292. The lowest BCUT2D eigenvalue weighted by molar-refractivity contribution is -0.137. The lowest BCUT2D eigenvalue weighted by atomic mass is 10.1. The first-order chi connectivity index (χ1) is 9.90. The maximum absolute atomic E-state index is 13.0. The molecule has 0 spiro atoms. The highest BCUT2D eigenvalue weighted by atomic mass is 79.9. The Morgan fingerprint density at radius 2 is 2.00 bits per heavy atom. The second-order valence-corrected chi connectivity index (χ2v) is 5.17. The molecule has 0 radical (unpaired) electrons. The van der Waals surface area contributed by atoms with Crippen molar-refractivity contribution in [1.82, 2.24) is 4.98 Å². The van der Waals surface area contributed by atoms with Crippen LogP contribution in [0.4, 0.5) is 18.9 Å². The van der Waals surface area contributed by atoms with E-state index in [1.165, 1.54) is 13.2 Å². The Morgan fingerprint density at radius 1 is 1.24 bits per heavy atom. The number of hydrogen-bond acceptors (Lipinski definition) is 3. The smallest absolute Gasteiger partial charge is 0.418 e. The number of benzene rings is 1. The van der Waals surface area contributed by atoms with E-state index in [1.54, 1.807) is 24.4 Å². The molecule has 1 N–H and O–H groups in total. The van der Waals surface area contributed by atoms with Crippen LogP contribution >= 0.6 is 15.9 Å². The van der Waals surface area contributed by atoms with Crippen molar-refractivity contribution < 1.29 is 17.9 Å². The fourth-order valence-electron chi connectivity index (χ4n) is 1.74. The van der Waals surface area contributed by atoms with Gasteiger partial charge in [-0.25, -0.2) is 4.98 Å². The molecular formula is C14H12BrF3N2O. The molecule has 0 bridgehead atoms. The molecular weight excluding hydrogens is 349 g/mol. The van der Waals surface area contributed by atoms with Crippen molar-refractivity contribution in [3.05, 3.63) is 52.1 Å².